The molecule has 96 valence electrons. The Morgan fingerprint density at radius 2 is 2.00 bits per heavy atom. The summed E-state index contributed by atoms with van der Waals surface area (Å²) in [6.07, 6.45) is 0. The fraction of sp³-hybridized carbons (Fsp3) is 0.0769. The average Bonchev–Trinajstić information content (AvgIpc) is 2.97. The minimum atomic E-state index is 0.106. The first kappa shape index (κ1) is 12.4. The number of halogens is 1. The molecule has 0 unspecified atom stereocenters. The van der Waals surface area contributed by atoms with Crippen molar-refractivity contribution in [1.82, 2.24) is 14.8 Å². The first-order chi connectivity index (χ1) is 9.13. The van der Waals surface area contributed by atoms with Crippen LogP contribution in [-0.2, 0) is 0 Å². The predicted octanol–water partition coefficient (Wildman–Crippen LogP) is 3.77. The standard InChI is InChI=1S/C13H10BrN3OS/c1-8-6-12(18)17(16-8)13-15-11(7-19-13)9-2-4-10(14)5-3-9/h2-7,18H,1H3. The van der Waals surface area contributed by atoms with E-state index in [4.69, 9.17) is 0 Å². The fourth-order valence-electron chi connectivity index (χ4n) is 1.74. The largest absolute Gasteiger partial charge is 0.493 e. The number of hydrogen-bond donors (Lipinski definition) is 1. The van der Waals surface area contributed by atoms with Crippen LogP contribution in [0.2, 0.25) is 0 Å². The van der Waals surface area contributed by atoms with Gasteiger partial charge >= 0.3 is 0 Å². The number of rotatable bonds is 2. The van der Waals surface area contributed by atoms with Crippen LogP contribution in [0.4, 0.5) is 0 Å². The van der Waals surface area contributed by atoms with Gasteiger partial charge in [0.15, 0.2) is 0 Å². The summed E-state index contributed by atoms with van der Waals surface area (Å²) in [6, 6.07) is 9.56. The van der Waals surface area contributed by atoms with Crippen molar-refractivity contribution < 1.29 is 5.11 Å². The van der Waals surface area contributed by atoms with Gasteiger partial charge in [-0.15, -0.1) is 11.3 Å². The second-order valence-electron chi connectivity index (χ2n) is 4.08. The topological polar surface area (TPSA) is 50.9 Å². The van der Waals surface area contributed by atoms with E-state index in [-0.39, 0.29) is 5.88 Å². The lowest BCUT2D eigenvalue weighted by Crippen LogP contribution is -1.95. The smallest absolute Gasteiger partial charge is 0.216 e. The van der Waals surface area contributed by atoms with E-state index in [0.717, 1.165) is 21.4 Å². The van der Waals surface area contributed by atoms with E-state index in [9.17, 15) is 5.11 Å². The number of thiazole rings is 1. The first-order valence-corrected chi connectivity index (χ1v) is 7.28. The quantitative estimate of drug-likeness (QED) is 0.775. The van der Waals surface area contributed by atoms with Gasteiger partial charge in [-0.05, 0) is 19.1 Å². The van der Waals surface area contributed by atoms with Gasteiger partial charge < -0.3 is 5.11 Å². The predicted molar refractivity (Wildman–Crippen MR) is 78.8 cm³/mol. The summed E-state index contributed by atoms with van der Waals surface area (Å²) < 4.78 is 2.48. The second kappa shape index (κ2) is 4.79. The maximum absolute atomic E-state index is 9.76. The first-order valence-electron chi connectivity index (χ1n) is 5.61. The lowest BCUT2D eigenvalue weighted by Gasteiger charge is -1.98. The van der Waals surface area contributed by atoms with E-state index in [1.807, 2.05) is 36.6 Å². The monoisotopic (exact) mass is 335 g/mol. The zero-order valence-corrected chi connectivity index (χ0v) is 12.4. The van der Waals surface area contributed by atoms with Crippen molar-refractivity contribution in [3.8, 4) is 22.3 Å². The molecule has 0 saturated heterocycles. The summed E-state index contributed by atoms with van der Waals surface area (Å²) in [7, 11) is 0. The highest BCUT2D eigenvalue weighted by Gasteiger charge is 2.11. The zero-order chi connectivity index (χ0) is 13.4. The van der Waals surface area contributed by atoms with Crippen LogP contribution in [0, 0.1) is 6.92 Å². The molecule has 0 amide bonds. The molecule has 0 radical (unpaired) electrons. The van der Waals surface area contributed by atoms with Crippen LogP contribution in [0.25, 0.3) is 16.4 Å². The summed E-state index contributed by atoms with van der Waals surface area (Å²) in [4.78, 5) is 4.50. The van der Waals surface area contributed by atoms with E-state index in [2.05, 4.69) is 26.0 Å². The fourth-order valence-corrected chi connectivity index (χ4v) is 2.80. The SMILES string of the molecule is Cc1cc(O)n(-c2nc(-c3ccc(Br)cc3)cs2)n1. The molecule has 2 heterocycles. The van der Waals surface area contributed by atoms with Crippen molar-refractivity contribution in [3.05, 3.63) is 45.9 Å². The molecule has 1 N–H and O–H groups in total. The van der Waals surface area contributed by atoms with Gasteiger partial charge in [0.1, 0.15) is 0 Å². The highest BCUT2D eigenvalue weighted by molar-refractivity contribution is 9.10. The van der Waals surface area contributed by atoms with Crippen molar-refractivity contribution in [3.63, 3.8) is 0 Å². The van der Waals surface area contributed by atoms with E-state index >= 15 is 0 Å². The van der Waals surface area contributed by atoms with Crippen LogP contribution >= 0.6 is 27.3 Å². The molecule has 2 aromatic heterocycles. The van der Waals surface area contributed by atoms with Crippen LogP contribution in [0.5, 0.6) is 5.88 Å². The van der Waals surface area contributed by atoms with Gasteiger partial charge in [-0.3, -0.25) is 0 Å². The van der Waals surface area contributed by atoms with Gasteiger partial charge in [-0.1, -0.05) is 28.1 Å². The van der Waals surface area contributed by atoms with Crippen molar-refractivity contribution in [1.29, 1.82) is 0 Å². The van der Waals surface area contributed by atoms with Crippen molar-refractivity contribution >= 4 is 27.3 Å². The molecule has 0 aliphatic heterocycles. The molecule has 19 heavy (non-hydrogen) atoms. The molecule has 0 atom stereocenters. The van der Waals surface area contributed by atoms with E-state index in [1.54, 1.807) is 6.07 Å². The van der Waals surface area contributed by atoms with E-state index < -0.39 is 0 Å². The average molecular weight is 336 g/mol. The molecule has 0 aliphatic rings. The number of aryl methyl sites for hydroxylation is 1. The molecule has 0 spiro atoms. The number of benzene rings is 1. The minimum Gasteiger partial charge on any atom is -0.493 e. The van der Waals surface area contributed by atoms with Gasteiger partial charge in [0.25, 0.3) is 0 Å². The van der Waals surface area contributed by atoms with Crippen molar-refractivity contribution in [2.24, 2.45) is 0 Å². The third-order valence-corrected chi connectivity index (χ3v) is 3.97. The molecule has 0 saturated carbocycles. The summed E-state index contributed by atoms with van der Waals surface area (Å²) >= 11 is 4.85. The molecule has 0 aliphatic carbocycles. The Hall–Kier alpha value is -1.66. The third-order valence-electron chi connectivity index (χ3n) is 2.63. The second-order valence-corrected chi connectivity index (χ2v) is 5.83. The van der Waals surface area contributed by atoms with Crippen LogP contribution < -0.4 is 0 Å². The Balaban J connectivity index is 1.99. The van der Waals surface area contributed by atoms with Crippen LogP contribution in [0.3, 0.4) is 0 Å². The highest BCUT2D eigenvalue weighted by Crippen LogP contribution is 2.27. The Labute approximate surface area is 122 Å². The Kier molecular flexibility index (Phi) is 3.12. The van der Waals surface area contributed by atoms with Crippen molar-refractivity contribution in [2.45, 2.75) is 6.92 Å². The highest BCUT2D eigenvalue weighted by atomic mass is 79.9. The summed E-state index contributed by atoms with van der Waals surface area (Å²) in [5, 5.41) is 16.6. The van der Waals surface area contributed by atoms with Crippen LogP contribution in [0.15, 0.2) is 40.2 Å². The lowest BCUT2D eigenvalue weighted by molar-refractivity contribution is 0.433. The van der Waals surface area contributed by atoms with E-state index in [1.165, 1.54) is 16.0 Å². The Morgan fingerprint density at radius 3 is 2.63 bits per heavy atom. The van der Waals surface area contributed by atoms with Crippen LogP contribution in [-0.4, -0.2) is 19.9 Å². The molecule has 4 nitrogen and oxygen atoms in total. The summed E-state index contributed by atoms with van der Waals surface area (Å²) in [6.45, 7) is 1.83. The van der Waals surface area contributed by atoms with Gasteiger partial charge in [-0.2, -0.15) is 9.78 Å². The molecule has 0 bridgehead atoms. The normalized spacial score (nSPS) is 10.8. The number of hydrogen-bond acceptors (Lipinski definition) is 4. The zero-order valence-electron chi connectivity index (χ0n) is 10.0. The summed E-state index contributed by atoms with van der Waals surface area (Å²) in [5.74, 6) is 0.106. The molecule has 3 aromatic rings. The molecule has 0 fully saturated rings. The number of nitrogens with zero attached hydrogens (tertiary/aromatic N) is 3. The molecule has 1 aromatic carbocycles. The lowest BCUT2D eigenvalue weighted by atomic mass is 10.2. The van der Waals surface area contributed by atoms with Gasteiger partial charge in [0.05, 0.1) is 11.4 Å². The number of aromatic nitrogens is 3. The third kappa shape index (κ3) is 2.41. The molecule has 3 rings (SSSR count). The molecule has 6 heteroatoms. The molecular weight excluding hydrogens is 326 g/mol. The van der Waals surface area contributed by atoms with Gasteiger partial charge in [0, 0.05) is 21.5 Å². The Morgan fingerprint density at radius 1 is 1.26 bits per heavy atom. The van der Waals surface area contributed by atoms with E-state index in [0.29, 0.717) is 5.13 Å². The Bertz CT molecular complexity index is 718. The minimum absolute atomic E-state index is 0.106. The summed E-state index contributed by atoms with van der Waals surface area (Å²) in [5.41, 5.74) is 2.67. The van der Waals surface area contributed by atoms with Gasteiger partial charge in [0.2, 0.25) is 11.0 Å². The maximum atomic E-state index is 9.76. The van der Waals surface area contributed by atoms with Crippen molar-refractivity contribution in [2.75, 3.05) is 0 Å². The van der Waals surface area contributed by atoms with Gasteiger partial charge in [-0.25, -0.2) is 4.98 Å². The number of aromatic hydroxyl groups is 1. The molecular formula is C13H10BrN3OS. The maximum Gasteiger partial charge on any atom is 0.216 e. The van der Waals surface area contributed by atoms with Crippen LogP contribution in [0.1, 0.15) is 5.69 Å².